The monoisotopic (exact) mass is 536 g/mol. The van der Waals surface area contributed by atoms with Gasteiger partial charge in [0.25, 0.3) is 0 Å². The van der Waals surface area contributed by atoms with Gasteiger partial charge in [-0.25, -0.2) is 4.39 Å². The van der Waals surface area contributed by atoms with Crippen LogP contribution in [0.1, 0.15) is 43.0 Å². The van der Waals surface area contributed by atoms with E-state index in [4.69, 9.17) is 5.73 Å². The fourth-order valence-corrected chi connectivity index (χ4v) is 4.90. The lowest BCUT2D eigenvalue weighted by Crippen LogP contribution is -2.31. The van der Waals surface area contributed by atoms with Gasteiger partial charge in [0, 0.05) is 53.2 Å². The second kappa shape index (κ2) is 13.1. The van der Waals surface area contributed by atoms with E-state index in [9.17, 15) is 0 Å². The van der Waals surface area contributed by atoms with Crippen LogP contribution < -0.4 is 11.1 Å². The molecule has 0 radical (unpaired) electrons. The summed E-state index contributed by atoms with van der Waals surface area (Å²) in [6, 6.07) is 5.66. The summed E-state index contributed by atoms with van der Waals surface area (Å²) in [4.78, 5) is 15.5. The molecule has 4 rings (SSSR count). The molecule has 0 aromatic carbocycles. The molecule has 1 saturated heterocycles. The van der Waals surface area contributed by atoms with E-state index in [1.807, 2.05) is 50.3 Å². The van der Waals surface area contributed by atoms with Crippen LogP contribution in [0.15, 0.2) is 92.2 Å². The maximum atomic E-state index is 16.1. The highest BCUT2D eigenvalue weighted by molar-refractivity contribution is 5.88. The smallest absolute Gasteiger partial charge is 0.159 e. The third-order valence-corrected chi connectivity index (χ3v) is 7.18. The molecule has 3 aromatic rings. The van der Waals surface area contributed by atoms with E-state index in [1.165, 1.54) is 25.5 Å². The maximum Gasteiger partial charge on any atom is 0.159 e. The van der Waals surface area contributed by atoms with Crippen molar-refractivity contribution in [1.82, 2.24) is 19.9 Å². The molecule has 40 heavy (non-hydrogen) atoms. The van der Waals surface area contributed by atoms with Crippen LogP contribution in [0.5, 0.6) is 0 Å². The molecule has 3 aromatic heterocycles. The first-order valence-corrected chi connectivity index (χ1v) is 13.5. The summed E-state index contributed by atoms with van der Waals surface area (Å²) < 4.78 is 16.1. The zero-order valence-electron chi connectivity index (χ0n) is 23.4. The third-order valence-electron chi connectivity index (χ3n) is 7.18. The Morgan fingerprint density at radius 1 is 1.12 bits per heavy atom. The molecule has 7 heteroatoms. The number of nitrogens with two attached hydrogens (primary N) is 1. The van der Waals surface area contributed by atoms with Gasteiger partial charge < -0.3 is 11.1 Å². The van der Waals surface area contributed by atoms with Crippen molar-refractivity contribution in [1.29, 1.82) is 0 Å². The highest BCUT2D eigenvalue weighted by Crippen LogP contribution is 2.34. The molecule has 0 spiro atoms. The van der Waals surface area contributed by atoms with Crippen molar-refractivity contribution in [3.8, 4) is 11.3 Å². The summed E-state index contributed by atoms with van der Waals surface area (Å²) in [5.74, 6) is -0.541. The molecule has 0 unspecified atom stereocenters. The van der Waals surface area contributed by atoms with Gasteiger partial charge in [0.1, 0.15) is 5.69 Å². The fraction of sp³-hybridized carbons (Fsp3) is 0.242. The molecule has 206 valence electrons. The van der Waals surface area contributed by atoms with Gasteiger partial charge in [-0.1, -0.05) is 38.3 Å². The largest absolute Gasteiger partial charge is 0.397 e. The predicted octanol–water partition coefficient (Wildman–Crippen LogP) is 7.21. The minimum absolute atomic E-state index is 0.172. The molecule has 0 saturated carbocycles. The lowest BCUT2D eigenvalue weighted by Gasteiger charge is -2.26. The van der Waals surface area contributed by atoms with Crippen LogP contribution in [0.2, 0.25) is 0 Å². The van der Waals surface area contributed by atoms with Crippen LogP contribution in [0, 0.1) is 12.7 Å². The zero-order chi connectivity index (χ0) is 28.6. The molecule has 0 atom stereocenters. The van der Waals surface area contributed by atoms with Crippen LogP contribution in [0.4, 0.5) is 15.8 Å². The Labute approximate surface area is 236 Å². The highest BCUT2D eigenvalue weighted by atomic mass is 19.1. The van der Waals surface area contributed by atoms with Gasteiger partial charge in [0.05, 0.1) is 17.6 Å². The minimum atomic E-state index is -0.541. The summed E-state index contributed by atoms with van der Waals surface area (Å²) in [6.07, 6.45) is 15.9. The molecular formula is C33H37FN6. The van der Waals surface area contributed by atoms with E-state index in [2.05, 4.69) is 44.9 Å². The third kappa shape index (κ3) is 6.43. The lowest BCUT2D eigenvalue weighted by molar-refractivity contribution is 0.248. The number of allylic oxidation sites excluding steroid dienone is 4. The zero-order valence-corrected chi connectivity index (χ0v) is 23.4. The van der Waals surface area contributed by atoms with Gasteiger partial charge in [0.2, 0.25) is 0 Å². The Balaban J connectivity index is 1.60. The van der Waals surface area contributed by atoms with Gasteiger partial charge in [-0.3, -0.25) is 19.9 Å². The molecule has 3 N–H and O–H groups in total. The van der Waals surface area contributed by atoms with Crippen LogP contribution >= 0.6 is 0 Å². The second-order valence-electron chi connectivity index (χ2n) is 9.91. The van der Waals surface area contributed by atoms with Crippen molar-refractivity contribution in [3.05, 3.63) is 115 Å². The molecule has 6 nitrogen and oxygen atoms in total. The topological polar surface area (TPSA) is 80.0 Å². The average Bonchev–Trinajstić information content (AvgIpc) is 2.97. The van der Waals surface area contributed by atoms with Crippen LogP contribution in [0.3, 0.4) is 0 Å². The lowest BCUT2D eigenvalue weighted by atomic mass is 9.98. The van der Waals surface area contributed by atoms with Crippen molar-refractivity contribution in [3.63, 3.8) is 0 Å². The Morgan fingerprint density at radius 3 is 2.58 bits per heavy atom. The number of anilines is 2. The first kappa shape index (κ1) is 28.6. The Morgan fingerprint density at radius 2 is 1.90 bits per heavy atom. The van der Waals surface area contributed by atoms with E-state index >= 15 is 4.39 Å². The van der Waals surface area contributed by atoms with E-state index in [0.717, 1.165) is 47.7 Å². The normalized spacial score (nSPS) is 14.6. The number of nitrogens with one attached hydrogen (secondary N) is 1. The average molecular weight is 537 g/mol. The number of hydrogen-bond donors (Lipinski definition) is 2. The molecule has 4 heterocycles. The standard InChI is InChI=1S/C33H37FN6/c1-6-25(21-40-16-9-8-10-17-40)18-26(7-2)33-31(34)30(28(35)20-38-33)22(3)24(5)39-29-13-15-37-32(23(29)4)27-12-11-14-36-19-27/h6-7,11-15,18-20H,1,3,5,8-10,16-17,21,35H2,2,4H3,(H,37,39)/b25-18+,26-7+. The first-order valence-electron chi connectivity index (χ1n) is 13.5. The number of nitrogen functional groups attached to an aromatic ring is 1. The highest BCUT2D eigenvalue weighted by Gasteiger charge is 2.21. The summed E-state index contributed by atoms with van der Waals surface area (Å²) >= 11 is 0. The van der Waals surface area contributed by atoms with E-state index in [-0.39, 0.29) is 16.9 Å². The van der Waals surface area contributed by atoms with Crippen molar-refractivity contribution in [2.75, 3.05) is 30.7 Å². The number of halogens is 1. The summed E-state index contributed by atoms with van der Waals surface area (Å²) in [5.41, 5.74) is 12.6. The Bertz CT molecular complexity index is 1470. The van der Waals surface area contributed by atoms with Crippen LogP contribution in [-0.2, 0) is 0 Å². The number of likely N-dealkylation sites (tertiary alicyclic amines) is 1. The van der Waals surface area contributed by atoms with Crippen molar-refractivity contribution in [2.45, 2.75) is 33.1 Å². The van der Waals surface area contributed by atoms with Gasteiger partial charge in [-0.05, 0) is 80.8 Å². The van der Waals surface area contributed by atoms with E-state index in [1.54, 1.807) is 18.6 Å². The molecule has 0 amide bonds. The summed E-state index contributed by atoms with van der Waals surface area (Å²) in [7, 11) is 0. The molecule has 0 bridgehead atoms. The van der Waals surface area contributed by atoms with Crippen LogP contribution in [0.25, 0.3) is 22.4 Å². The Hall–Kier alpha value is -4.36. The molecule has 1 fully saturated rings. The number of piperidine rings is 1. The number of pyridine rings is 3. The molecule has 0 aliphatic carbocycles. The van der Waals surface area contributed by atoms with Gasteiger partial charge >= 0.3 is 0 Å². The number of nitrogens with zero attached hydrogens (tertiary/aromatic N) is 4. The first-order chi connectivity index (χ1) is 19.3. The Kier molecular flexibility index (Phi) is 9.40. The summed E-state index contributed by atoms with van der Waals surface area (Å²) in [5, 5.41) is 3.28. The molecule has 1 aliphatic heterocycles. The van der Waals surface area contributed by atoms with Gasteiger partial charge in [-0.15, -0.1) is 0 Å². The predicted molar refractivity (Wildman–Crippen MR) is 165 cm³/mol. The second-order valence-corrected chi connectivity index (χ2v) is 9.91. The van der Waals surface area contributed by atoms with Crippen molar-refractivity contribution >= 4 is 22.5 Å². The number of rotatable bonds is 10. The van der Waals surface area contributed by atoms with E-state index in [0.29, 0.717) is 16.8 Å². The quantitative estimate of drug-likeness (QED) is 0.267. The minimum Gasteiger partial charge on any atom is -0.397 e. The SMILES string of the molecule is C=C/C(=C\C(=C/C)c1ncc(N)c(C(=C)C(=C)Nc2ccnc(-c3cccnc3)c2C)c1F)CN1CCCCC1. The van der Waals surface area contributed by atoms with Crippen molar-refractivity contribution in [2.24, 2.45) is 0 Å². The summed E-state index contributed by atoms with van der Waals surface area (Å²) in [6.45, 7) is 19.0. The number of aromatic nitrogens is 3. The van der Waals surface area contributed by atoms with Gasteiger partial charge in [-0.2, -0.15) is 0 Å². The maximum absolute atomic E-state index is 16.1. The number of hydrogen-bond acceptors (Lipinski definition) is 6. The van der Waals surface area contributed by atoms with Crippen LogP contribution in [-0.4, -0.2) is 39.5 Å². The van der Waals surface area contributed by atoms with Gasteiger partial charge in [0.15, 0.2) is 5.82 Å². The van der Waals surface area contributed by atoms with Crippen molar-refractivity contribution < 1.29 is 4.39 Å². The molecular weight excluding hydrogens is 499 g/mol. The molecule has 1 aliphatic rings. The van der Waals surface area contributed by atoms with E-state index < -0.39 is 5.82 Å². The fourth-order valence-electron chi connectivity index (χ4n) is 4.90.